The Bertz CT molecular complexity index is 488. The van der Waals surface area contributed by atoms with Crippen LogP contribution in [0.5, 0.6) is 0 Å². The second kappa shape index (κ2) is 6.77. The number of hydrogen-bond acceptors (Lipinski definition) is 3. The summed E-state index contributed by atoms with van der Waals surface area (Å²) < 4.78 is 5.82. The number of carbonyl (C=O) groups excluding carboxylic acids is 1. The van der Waals surface area contributed by atoms with Gasteiger partial charge in [0.2, 0.25) is 5.91 Å². The van der Waals surface area contributed by atoms with E-state index in [0.717, 1.165) is 11.1 Å². The predicted octanol–water partition coefficient (Wildman–Crippen LogP) is 2.44. The molecule has 1 heterocycles. The molecule has 1 aromatic carbocycles. The molecule has 21 heavy (non-hydrogen) atoms. The minimum Gasteiger partial charge on any atom is -0.369 e. The van der Waals surface area contributed by atoms with Gasteiger partial charge < -0.3 is 15.4 Å². The summed E-state index contributed by atoms with van der Waals surface area (Å²) in [6, 6.07) is 7.21. The van der Waals surface area contributed by atoms with Crippen molar-refractivity contribution in [2.75, 3.05) is 13.1 Å². The van der Waals surface area contributed by atoms with Crippen LogP contribution in [0.1, 0.15) is 37.9 Å². The predicted molar refractivity (Wildman–Crippen MR) is 86.6 cm³/mol. The maximum absolute atomic E-state index is 12.6. The number of halogens is 1. The fourth-order valence-electron chi connectivity index (χ4n) is 2.73. The standard InChI is InChI=1S/C16H24N2O2.ClH/c1-11-5-7-13(8-6-11)14(17)15(19)18-9-12(2)20-16(3,4)10-18;/h5-8,12,14H,9-10,17H2,1-4H3;1H. The first-order valence-electron chi connectivity index (χ1n) is 7.07. The zero-order valence-electron chi connectivity index (χ0n) is 13.1. The number of carbonyl (C=O) groups is 1. The summed E-state index contributed by atoms with van der Waals surface area (Å²) in [6.45, 7) is 9.18. The van der Waals surface area contributed by atoms with Gasteiger partial charge in [-0.05, 0) is 33.3 Å². The van der Waals surface area contributed by atoms with Crippen LogP contribution >= 0.6 is 12.4 Å². The van der Waals surface area contributed by atoms with E-state index in [9.17, 15) is 4.79 Å². The molecule has 2 N–H and O–H groups in total. The minimum absolute atomic E-state index is 0. The quantitative estimate of drug-likeness (QED) is 0.912. The number of benzene rings is 1. The lowest BCUT2D eigenvalue weighted by Crippen LogP contribution is -2.55. The summed E-state index contributed by atoms with van der Waals surface area (Å²) in [5.74, 6) is -0.0305. The molecule has 1 saturated heterocycles. The van der Waals surface area contributed by atoms with Crippen molar-refractivity contribution in [3.05, 3.63) is 35.4 Å². The van der Waals surface area contributed by atoms with Crippen LogP contribution in [0.2, 0.25) is 0 Å². The van der Waals surface area contributed by atoms with E-state index in [-0.39, 0.29) is 30.0 Å². The fraction of sp³-hybridized carbons (Fsp3) is 0.562. The third-order valence-corrected chi connectivity index (χ3v) is 3.58. The van der Waals surface area contributed by atoms with Gasteiger partial charge in [-0.3, -0.25) is 4.79 Å². The van der Waals surface area contributed by atoms with Gasteiger partial charge in [-0.25, -0.2) is 0 Å². The molecule has 1 aromatic rings. The van der Waals surface area contributed by atoms with Crippen LogP contribution in [0.15, 0.2) is 24.3 Å². The molecule has 0 bridgehead atoms. The highest BCUT2D eigenvalue weighted by Gasteiger charge is 2.35. The first kappa shape index (κ1) is 18.0. The van der Waals surface area contributed by atoms with Gasteiger partial charge in [0.15, 0.2) is 0 Å². The van der Waals surface area contributed by atoms with E-state index < -0.39 is 6.04 Å². The Morgan fingerprint density at radius 3 is 2.48 bits per heavy atom. The Morgan fingerprint density at radius 2 is 1.95 bits per heavy atom. The van der Waals surface area contributed by atoms with Crippen molar-refractivity contribution in [3.63, 3.8) is 0 Å². The molecule has 1 fully saturated rings. The molecule has 0 spiro atoms. The lowest BCUT2D eigenvalue weighted by molar-refractivity contribution is -0.159. The van der Waals surface area contributed by atoms with Gasteiger partial charge in [0.1, 0.15) is 6.04 Å². The molecule has 0 aliphatic carbocycles. The van der Waals surface area contributed by atoms with E-state index in [1.54, 1.807) is 0 Å². The van der Waals surface area contributed by atoms with Crippen LogP contribution in [0.4, 0.5) is 0 Å². The van der Waals surface area contributed by atoms with Crippen LogP contribution in [-0.4, -0.2) is 35.6 Å². The third kappa shape index (κ3) is 4.43. The maximum atomic E-state index is 12.6. The largest absolute Gasteiger partial charge is 0.369 e. The van der Waals surface area contributed by atoms with Gasteiger partial charge >= 0.3 is 0 Å². The summed E-state index contributed by atoms with van der Waals surface area (Å²) in [7, 11) is 0. The van der Waals surface area contributed by atoms with Crippen molar-refractivity contribution in [3.8, 4) is 0 Å². The average molecular weight is 313 g/mol. The Hall–Kier alpha value is -1.10. The molecule has 0 aromatic heterocycles. The maximum Gasteiger partial charge on any atom is 0.244 e. The topological polar surface area (TPSA) is 55.6 Å². The number of aryl methyl sites for hydroxylation is 1. The van der Waals surface area contributed by atoms with E-state index in [2.05, 4.69) is 0 Å². The van der Waals surface area contributed by atoms with Gasteiger partial charge in [0, 0.05) is 13.1 Å². The SMILES string of the molecule is Cc1ccc(C(N)C(=O)N2CC(C)OC(C)(C)C2)cc1.Cl. The molecule has 4 nitrogen and oxygen atoms in total. The zero-order chi connectivity index (χ0) is 14.9. The average Bonchev–Trinajstić information content (AvgIpc) is 2.35. The highest BCUT2D eigenvalue weighted by molar-refractivity contribution is 5.85. The number of morpholine rings is 1. The lowest BCUT2D eigenvalue weighted by Gasteiger charge is -2.42. The normalized spacial score (nSPS) is 22.3. The number of ether oxygens (including phenoxy) is 1. The van der Waals surface area contributed by atoms with E-state index in [1.165, 1.54) is 0 Å². The van der Waals surface area contributed by atoms with Crippen molar-refractivity contribution in [2.45, 2.75) is 45.4 Å². The van der Waals surface area contributed by atoms with Crippen molar-refractivity contribution in [2.24, 2.45) is 5.73 Å². The minimum atomic E-state index is -0.600. The van der Waals surface area contributed by atoms with E-state index in [1.807, 2.05) is 56.9 Å². The molecule has 118 valence electrons. The van der Waals surface area contributed by atoms with Crippen LogP contribution in [0.25, 0.3) is 0 Å². The summed E-state index contributed by atoms with van der Waals surface area (Å²) >= 11 is 0. The smallest absolute Gasteiger partial charge is 0.244 e. The molecule has 1 amide bonds. The zero-order valence-corrected chi connectivity index (χ0v) is 13.9. The van der Waals surface area contributed by atoms with Crippen molar-refractivity contribution >= 4 is 18.3 Å². The van der Waals surface area contributed by atoms with Gasteiger partial charge in [-0.15, -0.1) is 12.4 Å². The Labute approximate surface area is 133 Å². The number of amides is 1. The molecule has 0 saturated carbocycles. The van der Waals surface area contributed by atoms with Crippen molar-refractivity contribution < 1.29 is 9.53 Å². The summed E-state index contributed by atoms with van der Waals surface area (Å²) in [4.78, 5) is 14.4. The number of rotatable bonds is 2. The van der Waals surface area contributed by atoms with Gasteiger partial charge in [-0.2, -0.15) is 0 Å². The van der Waals surface area contributed by atoms with E-state index in [0.29, 0.717) is 13.1 Å². The first-order chi connectivity index (χ1) is 9.28. The molecule has 2 unspecified atom stereocenters. The fourth-order valence-corrected chi connectivity index (χ4v) is 2.73. The van der Waals surface area contributed by atoms with Gasteiger partial charge in [0.05, 0.1) is 11.7 Å². The summed E-state index contributed by atoms with van der Waals surface area (Å²) in [6.07, 6.45) is 0.0351. The van der Waals surface area contributed by atoms with Crippen molar-refractivity contribution in [1.82, 2.24) is 4.90 Å². The van der Waals surface area contributed by atoms with Gasteiger partial charge in [0.25, 0.3) is 0 Å². The molecular weight excluding hydrogens is 288 g/mol. The molecule has 0 radical (unpaired) electrons. The molecule has 1 aliphatic heterocycles. The van der Waals surface area contributed by atoms with Crippen molar-refractivity contribution in [1.29, 1.82) is 0 Å². The van der Waals surface area contributed by atoms with E-state index >= 15 is 0 Å². The first-order valence-corrected chi connectivity index (χ1v) is 7.07. The van der Waals surface area contributed by atoms with Crippen LogP contribution in [0, 0.1) is 6.92 Å². The monoisotopic (exact) mass is 312 g/mol. The molecular formula is C16H25ClN2O2. The number of hydrogen-bond donors (Lipinski definition) is 1. The molecule has 2 rings (SSSR count). The Balaban J connectivity index is 0.00000220. The van der Waals surface area contributed by atoms with Gasteiger partial charge in [-0.1, -0.05) is 29.8 Å². The summed E-state index contributed by atoms with van der Waals surface area (Å²) in [5, 5.41) is 0. The summed E-state index contributed by atoms with van der Waals surface area (Å²) in [5.41, 5.74) is 7.82. The number of nitrogens with two attached hydrogens (primary N) is 1. The van der Waals surface area contributed by atoms with Crippen LogP contribution in [-0.2, 0) is 9.53 Å². The highest BCUT2D eigenvalue weighted by Crippen LogP contribution is 2.23. The lowest BCUT2D eigenvalue weighted by atomic mass is 10.0. The molecule has 1 aliphatic rings. The molecule has 5 heteroatoms. The second-order valence-electron chi connectivity index (χ2n) is 6.30. The highest BCUT2D eigenvalue weighted by atomic mass is 35.5. The van der Waals surface area contributed by atoms with Crippen LogP contribution < -0.4 is 5.73 Å². The second-order valence-corrected chi connectivity index (χ2v) is 6.30. The van der Waals surface area contributed by atoms with E-state index in [4.69, 9.17) is 10.5 Å². The number of nitrogens with zero attached hydrogens (tertiary/aromatic N) is 1. The third-order valence-electron chi connectivity index (χ3n) is 3.58. The Kier molecular flexibility index (Phi) is 5.79. The molecule has 2 atom stereocenters. The Morgan fingerprint density at radius 1 is 1.38 bits per heavy atom. The van der Waals surface area contributed by atoms with Crippen LogP contribution in [0.3, 0.4) is 0 Å².